The third kappa shape index (κ3) is 3.45. The van der Waals surface area contributed by atoms with E-state index in [9.17, 15) is 4.79 Å². The highest BCUT2D eigenvalue weighted by molar-refractivity contribution is 5.70. The summed E-state index contributed by atoms with van der Waals surface area (Å²) in [6.45, 7) is 6.63. The molecular formula is C14H25NO3. The zero-order valence-electron chi connectivity index (χ0n) is 11.6. The first-order valence-electron chi connectivity index (χ1n) is 7.26. The molecule has 104 valence electrons. The number of carbonyl (C=O) groups is 1. The lowest BCUT2D eigenvalue weighted by molar-refractivity contribution is -0.146. The predicted octanol–water partition coefficient (Wildman–Crippen LogP) is 1.97. The van der Waals surface area contributed by atoms with Crippen LogP contribution in [0.3, 0.4) is 0 Å². The molecule has 0 amide bonds. The van der Waals surface area contributed by atoms with Crippen molar-refractivity contribution in [3.05, 3.63) is 0 Å². The lowest BCUT2D eigenvalue weighted by atomic mass is 10.0. The standard InChI is InChI=1S/C14H25NO3/c1-3-17-14(16)10-12(15-8-4-5-9-15)13-7-6-11(2)18-13/h11-13H,3-10H2,1-2H3. The summed E-state index contributed by atoms with van der Waals surface area (Å²) in [5.74, 6) is -0.0856. The molecule has 2 saturated heterocycles. The van der Waals surface area contributed by atoms with Crippen molar-refractivity contribution in [3.63, 3.8) is 0 Å². The van der Waals surface area contributed by atoms with Crippen molar-refractivity contribution in [2.24, 2.45) is 0 Å². The molecule has 4 heteroatoms. The summed E-state index contributed by atoms with van der Waals surface area (Å²) < 4.78 is 11.1. The average Bonchev–Trinajstić information content (AvgIpc) is 2.97. The number of hydrogen-bond acceptors (Lipinski definition) is 4. The van der Waals surface area contributed by atoms with Crippen LogP contribution < -0.4 is 0 Å². The highest BCUT2D eigenvalue weighted by Crippen LogP contribution is 2.28. The Morgan fingerprint density at radius 3 is 2.67 bits per heavy atom. The van der Waals surface area contributed by atoms with Crippen LogP contribution in [0.25, 0.3) is 0 Å². The maximum absolute atomic E-state index is 11.7. The van der Waals surface area contributed by atoms with Crippen LogP contribution in [-0.2, 0) is 14.3 Å². The second kappa shape index (κ2) is 6.53. The first-order valence-corrected chi connectivity index (χ1v) is 7.26. The van der Waals surface area contributed by atoms with Crippen molar-refractivity contribution in [2.75, 3.05) is 19.7 Å². The summed E-state index contributed by atoms with van der Waals surface area (Å²) in [4.78, 5) is 14.2. The Hall–Kier alpha value is -0.610. The minimum atomic E-state index is -0.0856. The highest BCUT2D eigenvalue weighted by Gasteiger charge is 2.36. The molecule has 3 atom stereocenters. The van der Waals surface area contributed by atoms with Crippen molar-refractivity contribution in [1.82, 2.24) is 4.90 Å². The lowest BCUT2D eigenvalue weighted by Gasteiger charge is -2.31. The summed E-state index contributed by atoms with van der Waals surface area (Å²) >= 11 is 0. The Morgan fingerprint density at radius 2 is 2.11 bits per heavy atom. The fourth-order valence-corrected chi connectivity index (χ4v) is 3.08. The minimum absolute atomic E-state index is 0.0856. The third-order valence-electron chi connectivity index (χ3n) is 3.98. The predicted molar refractivity (Wildman–Crippen MR) is 69.4 cm³/mol. The molecule has 0 saturated carbocycles. The number of esters is 1. The van der Waals surface area contributed by atoms with Crippen molar-refractivity contribution in [1.29, 1.82) is 0 Å². The van der Waals surface area contributed by atoms with E-state index in [2.05, 4.69) is 11.8 Å². The van der Waals surface area contributed by atoms with Gasteiger partial charge in [-0.3, -0.25) is 9.69 Å². The molecule has 0 spiro atoms. The van der Waals surface area contributed by atoms with Crippen molar-refractivity contribution in [2.45, 2.75) is 64.2 Å². The van der Waals surface area contributed by atoms with Gasteiger partial charge in [-0.2, -0.15) is 0 Å². The second-order valence-electron chi connectivity index (χ2n) is 5.38. The molecule has 2 rings (SSSR count). The van der Waals surface area contributed by atoms with Gasteiger partial charge in [0.15, 0.2) is 0 Å². The third-order valence-corrected chi connectivity index (χ3v) is 3.98. The second-order valence-corrected chi connectivity index (χ2v) is 5.38. The van der Waals surface area contributed by atoms with E-state index in [1.54, 1.807) is 0 Å². The Balaban J connectivity index is 1.95. The molecule has 0 radical (unpaired) electrons. The summed E-state index contributed by atoms with van der Waals surface area (Å²) in [5, 5.41) is 0. The van der Waals surface area contributed by atoms with E-state index in [0.29, 0.717) is 19.1 Å². The van der Waals surface area contributed by atoms with Crippen LogP contribution in [0.4, 0.5) is 0 Å². The van der Waals surface area contributed by atoms with E-state index in [1.807, 2.05) is 6.92 Å². The van der Waals surface area contributed by atoms with Gasteiger partial charge < -0.3 is 9.47 Å². The first-order chi connectivity index (χ1) is 8.70. The Morgan fingerprint density at radius 1 is 1.39 bits per heavy atom. The Kier molecular flexibility index (Phi) is 5.01. The van der Waals surface area contributed by atoms with Gasteiger partial charge in [-0.25, -0.2) is 0 Å². The minimum Gasteiger partial charge on any atom is -0.466 e. The fourth-order valence-electron chi connectivity index (χ4n) is 3.08. The fraction of sp³-hybridized carbons (Fsp3) is 0.929. The number of hydrogen-bond donors (Lipinski definition) is 0. The number of carbonyl (C=O) groups excluding carboxylic acids is 1. The summed E-state index contributed by atoms with van der Waals surface area (Å²) in [6, 6.07) is 0.219. The van der Waals surface area contributed by atoms with E-state index < -0.39 is 0 Å². The van der Waals surface area contributed by atoms with Gasteiger partial charge in [0.25, 0.3) is 0 Å². The van der Waals surface area contributed by atoms with Crippen molar-refractivity contribution >= 4 is 5.97 Å². The molecule has 2 aliphatic rings. The largest absolute Gasteiger partial charge is 0.466 e. The molecule has 0 aromatic carbocycles. The maximum atomic E-state index is 11.7. The molecule has 2 heterocycles. The van der Waals surface area contributed by atoms with Gasteiger partial charge in [-0.05, 0) is 52.6 Å². The van der Waals surface area contributed by atoms with E-state index in [0.717, 1.165) is 25.9 Å². The lowest BCUT2D eigenvalue weighted by Crippen LogP contribution is -2.43. The quantitative estimate of drug-likeness (QED) is 0.704. The van der Waals surface area contributed by atoms with Crippen LogP contribution in [0, 0.1) is 0 Å². The van der Waals surface area contributed by atoms with E-state index in [4.69, 9.17) is 9.47 Å². The van der Waals surface area contributed by atoms with E-state index >= 15 is 0 Å². The zero-order chi connectivity index (χ0) is 13.0. The molecule has 0 aromatic heterocycles. The van der Waals surface area contributed by atoms with Gasteiger partial charge in [0.05, 0.1) is 25.2 Å². The topological polar surface area (TPSA) is 38.8 Å². The maximum Gasteiger partial charge on any atom is 0.307 e. The molecule has 0 aromatic rings. The Bertz CT molecular complexity index is 276. The normalized spacial score (nSPS) is 30.6. The molecule has 4 nitrogen and oxygen atoms in total. The van der Waals surface area contributed by atoms with Gasteiger partial charge in [0.2, 0.25) is 0 Å². The van der Waals surface area contributed by atoms with Crippen LogP contribution in [0.15, 0.2) is 0 Å². The van der Waals surface area contributed by atoms with Gasteiger partial charge >= 0.3 is 5.97 Å². The van der Waals surface area contributed by atoms with Crippen LogP contribution in [0.5, 0.6) is 0 Å². The van der Waals surface area contributed by atoms with E-state index in [1.165, 1.54) is 12.8 Å². The van der Waals surface area contributed by atoms with E-state index in [-0.39, 0.29) is 18.1 Å². The summed E-state index contributed by atoms with van der Waals surface area (Å²) in [7, 11) is 0. The molecule has 2 aliphatic heterocycles. The van der Waals surface area contributed by atoms with Crippen molar-refractivity contribution in [3.8, 4) is 0 Å². The Labute approximate surface area is 110 Å². The van der Waals surface area contributed by atoms with Crippen LogP contribution in [-0.4, -0.2) is 48.8 Å². The van der Waals surface area contributed by atoms with Gasteiger partial charge in [-0.15, -0.1) is 0 Å². The van der Waals surface area contributed by atoms with Crippen LogP contribution in [0.2, 0.25) is 0 Å². The zero-order valence-corrected chi connectivity index (χ0v) is 11.6. The molecule has 2 fully saturated rings. The molecular weight excluding hydrogens is 230 g/mol. The molecule has 0 aliphatic carbocycles. The van der Waals surface area contributed by atoms with Gasteiger partial charge in [-0.1, -0.05) is 0 Å². The van der Waals surface area contributed by atoms with Crippen molar-refractivity contribution < 1.29 is 14.3 Å². The smallest absolute Gasteiger partial charge is 0.307 e. The number of likely N-dealkylation sites (tertiary alicyclic amines) is 1. The molecule has 0 bridgehead atoms. The monoisotopic (exact) mass is 255 g/mol. The van der Waals surface area contributed by atoms with Gasteiger partial charge in [0.1, 0.15) is 0 Å². The molecule has 18 heavy (non-hydrogen) atoms. The summed E-state index contributed by atoms with van der Waals surface area (Å²) in [6.07, 6.45) is 5.68. The molecule has 3 unspecified atom stereocenters. The number of ether oxygens (including phenoxy) is 2. The number of rotatable bonds is 5. The SMILES string of the molecule is CCOC(=O)CC(C1CCC(C)O1)N1CCCC1. The average molecular weight is 255 g/mol. The van der Waals surface area contributed by atoms with Crippen LogP contribution >= 0.6 is 0 Å². The van der Waals surface area contributed by atoms with Gasteiger partial charge in [0, 0.05) is 6.04 Å². The number of nitrogens with zero attached hydrogens (tertiary/aromatic N) is 1. The molecule has 0 N–H and O–H groups in total. The first kappa shape index (κ1) is 13.8. The van der Waals surface area contributed by atoms with Crippen LogP contribution in [0.1, 0.15) is 46.0 Å². The summed E-state index contributed by atoms with van der Waals surface area (Å²) in [5.41, 5.74) is 0. The highest BCUT2D eigenvalue weighted by atomic mass is 16.5.